The maximum atomic E-state index is 12.7. The number of aryl methyl sites for hydroxylation is 2. The number of amides is 1. The SMILES string of the molecule is COc1ccc(-c2nnc(SCC(=O)Nc3ccc4c(c3)CCC4)n2C[C@@H]2CCCO2)cc1. The van der Waals surface area contributed by atoms with Crippen LogP contribution in [0.5, 0.6) is 5.75 Å². The van der Waals surface area contributed by atoms with Gasteiger partial charge in [-0.25, -0.2) is 0 Å². The van der Waals surface area contributed by atoms with Gasteiger partial charge < -0.3 is 14.8 Å². The van der Waals surface area contributed by atoms with Crippen LogP contribution < -0.4 is 10.1 Å². The average Bonchev–Trinajstić information content (AvgIpc) is 3.59. The molecule has 172 valence electrons. The second-order valence-corrected chi connectivity index (χ2v) is 9.40. The van der Waals surface area contributed by atoms with Crippen LogP contribution >= 0.6 is 11.8 Å². The summed E-state index contributed by atoms with van der Waals surface area (Å²) in [4.78, 5) is 12.7. The number of carbonyl (C=O) groups is 1. The molecule has 0 unspecified atom stereocenters. The molecule has 0 saturated carbocycles. The summed E-state index contributed by atoms with van der Waals surface area (Å²) in [6.45, 7) is 1.46. The quantitative estimate of drug-likeness (QED) is 0.500. The second-order valence-electron chi connectivity index (χ2n) is 8.45. The number of hydrogen-bond acceptors (Lipinski definition) is 6. The molecule has 33 heavy (non-hydrogen) atoms. The fraction of sp³-hybridized carbons (Fsp3) is 0.400. The minimum atomic E-state index is -0.0457. The van der Waals surface area contributed by atoms with Crippen molar-refractivity contribution in [2.45, 2.75) is 49.9 Å². The molecule has 2 heterocycles. The van der Waals surface area contributed by atoms with Gasteiger partial charge in [0.2, 0.25) is 5.91 Å². The van der Waals surface area contributed by atoms with Crippen molar-refractivity contribution >= 4 is 23.4 Å². The molecule has 1 amide bonds. The van der Waals surface area contributed by atoms with Gasteiger partial charge in [-0.1, -0.05) is 17.8 Å². The first-order valence-electron chi connectivity index (χ1n) is 11.4. The van der Waals surface area contributed by atoms with E-state index in [-0.39, 0.29) is 17.8 Å². The fourth-order valence-corrected chi connectivity index (χ4v) is 5.23. The average molecular weight is 465 g/mol. The highest BCUT2D eigenvalue weighted by Gasteiger charge is 2.22. The van der Waals surface area contributed by atoms with Crippen molar-refractivity contribution in [3.63, 3.8) is 0 Å². The third kappa shape index (κ3) is 5.07. The molecule has 3 aromatic rings. The first kappa shape index (κ1) is 22.0. The lowest BCUT2D eigenvalue weighted by Crippen LogP contribution is -2.18. The van der Waals surface area contributed by atoms with Crippen LogP contribution in [0.1, 0.15) is 30.4 Å². The highest BCUT2D eigenvalue weighted by molar-refractivity contribution is 7.99. The van der Waals surface area contributed by atoms with E-state index >= 15 is 0 Å². The molecule has 1 fully saturated rings. The monoisotopic (exact) mass is 464 g/mol. The van der Waals surface area contributed by atoms with Gasteiger partial charge in [-0.05, 0) is 79.6 Å². The topological polar surface area (TPSA) is 78.3 Å². The molecule has 1 aromatic heterocycles. The molecule has 2 aliphatic rings. The van der Waals surface area contributed by atoms with E-state index in [0.717, 1.165) is 60.3 Å². The number of anilines is 1. The number of nitrogens with one attached hydrogen (secondary N) is 1. The minimum absolute atomic E-state index is 0.0457. The zero-order chi connectivity index (χ0) is 22.6. The molecule has 2 aromatic carbocycles. The third-order valence-corrected chi connectivity index (χ3v) is 7.16. The maximum Gasteiger partial charge on any atom is 0.234 e. The number of aromatic nitrogens is 3. The molecule has 1 aliphatic heterocycles. The highest BCUT2D eigenvalue weighted by Crippen LogP contribution is 2.28. The van der Waals surface area contributed by atoms with Gasteiger partial charge >= 0.3 is 0 Å². The Balaban J connectivity index is 1.30. The number of benzene rings is 2. The Labute approximate surface area is 197 Å². The van der Waals surface area contributed by atoms with E-state index < -0.39 is 0 Å². The molecule has 1 atom stereocenters. The van der Waals surface area contributed by atoms with Gasteiger partial charge in [0.25, 0.3) is 0 Å². The summed E-state index contributed by atoms with van der Waals surface area (Å²) < 4.78 is 13.2. The van der Waals surface area contributed by atoms with Crippen LogP contribution in [0.3, 0.4) is 0 Å². The van der Waals surface area contributed by atoms with E-state index in [1.54, 1.807) is 7.11 Å². The molecule has 1 aliphatic carbocycles. The highest BCUT2D eigenvalue weighted by atomic mass is 32.2. The zero-order valence-corrected chi connectivity index (χ0v) is 19.6. The molecule has 8 heteroatoms. The van der Waals surface area contributed by atoms with E-state index in [1.165, 1.54) is 29.3 Å². The Kier molecular flexibility index (Phi) is 6.64. The van der Waals surface area contributed by atoms with Gasteiger partial charge in [-0.3, -0.25) is 9.36 Å². The number of rotatable bonds is 8. The molecule has 0 bridgehead atoms. The van der Waals surface area contributed by atoms with Gasteiger partial charge in [0.15, 0.2) is 11.0 Å². The summed E-state index contributed by atoms with van der Waals surface area (Å²) in [5.74, 6) is 1.79. The summed E-state index contributed by atoms with van der Waals surface area (Å²) in [7, 11) is 1.65. The van der Waals surface area contributed by atoms with Crippen LogP contribution in [0.2, 0.25) is 0 Å². The minimum Gasteiger partial charge on any atom is -0.497 e. The molecule has 0 radical (unpaired) electrons. The summed E-state index contributed by atoms with van der Waals surface area (Å²) in [6.07, 6.45) is 5.64. The molecule has 0 spiro atoms. The Hall–Kier alpha value is -2.84. The van der Waals surface area contributed by atoms with E-state index in [9.17, 15) is 4.79 Å². The number of nitrogens with zero attached hydrogens (tertiary/aromatic N) is 3. The Morgan fingerprint density at radius 1 is 1.15 bits per heavy atom. The maximum absolute atomic E-state index is 12.7. The third-order valence-electron chi connectivity index (χ3n) is 6.19. The van der Waals surface area contributed by atoms with Crippen molar-refractivity contribution in [2.75, 3.05) is 24.8 Å². The summed E-state index contributed by atoms with van der Waals surface area (Å²) in [6, 6.07) is 14.0. The molecule has 1 saturated heterocycles. The van der Waals surface area contributed by atoms with E-state index in [0.29, 0.717) is 6.54 Å². The number of hydrogen-bond donors (Lipinski definition) is 1. The summed E-state index contributed by atoms with van der Waals surface area (Å²) >= 11 is 1.40. The van der Waals surface area contributed by atoms with Crippen LogP contribution in [0, 0.1) is 0 Å². The number of ether oxygens (including phenoxy) is 2. The van der Waals surface area contributed by atoms with E-state index in [1.807, 2.05) is 30.3 Å². The number of thioether (sulfide) groups is 1. The van der Waals surface area contributed by atoms with Crippen molar-refractivity contribution in [1.82, 2.24) is 14.8 Å². The predicted octanol–water partition coefficient (Wildman–Crippen LogP) is 4.35. The van der Waals surface area contributed by atoms with Gasteiger partial charge in [-0.15, -0.1) is 10.2 Å². The Morgan fingerprint density at radius 3 is 2.79 bits per heavy atom. The first-order chi connectivity index (χ1) is 16.2. The van der Waals surface area contributed by atoms with Crippen molar-refractivity contribution < 1.29 is 14.3 Å². The standard InChI is InChI=1S/C25H28N4O3S/c1-31-21-11-8-18(9-12-21)24-27-28-25(29(24)15-22-6-3-13-32-22)33-16-23(30)26-20-10-7-17-4-2-5-19(17)14-20/h7-12,14,22H,2-6,13,15-16H2,1H3,(H,26,30)/t22-/m0/s1. The first-order valence-corrected chi connectivity index (χ1v) is 12.4. The molecule has 5 rings (SSSR count). The van der Waals surface area contributed by atoms with E-state index in [2.05, 4.69) is 32.2 Å². The number of fused-ring (bicyclic) bond motifs is 1. The molecule has 1 N–H and O–H groups in total. The van der Waals surface area contributed by atoms with Crippen LogP contribution in [0.15, 0.2) is 47.6 Å². The van der Waals surface area contributed by atoms with Crippen LogP contribution in [-0.2, 0) is 28.9 Å². The number of carbonyl (C=O) groups excluding carboxylic acids is 1. The van der Waals surface area contributed by atoms with Gasteiger partial charge in [-0.2, -0.15) is 0 Å². The lowest BCUT2D eigenvalue weighted by atomic mass is 10.1. The lowest BCUT2D eigenvalue weighted by molar-refractivity contribution is -0.113. The Bertz CT molecular complexity index is 1120. The van der Waals surface area contributed by atoms with Gasteiger partial charge in [0.05, 0.1) is 25.5 Å². The van der Waals surface area contributed by atoms with E-state index in [4.69, 9.17) is 9.47 Å². The van der Waals surface area contributed by atoms with Crippen molar-refractivity contribution in [2.24, 2.45) is 0 Å². The normalized spacial score (nSPS) is 17.2. The zero-order valence-electron chi connectivity index (χ0n) is 18.8. The van der Waals surface area contributed by atoms with Crippen molar-refractivity contribution in [3.8, 4) is 17.1 Å². The Morgan fingerprint density at radius 2 is 2.00 bits per heavy atom. The smallest absolute Gasteiger partial charge is 0.234 e. The summed E-state index contributed by atoms with van der Waals surface area (Å²) in [5, 5.41) is 12.6. The van der Waals surface area contributed by atoms with Crippen LogP contribution in [0.4, 0.5) is 5.69 Å². The summed E-state index contributed by atoms with van der Waals surface area (Å²) in [5.41, 5.74) is 4.56. The molecular weight excluding hydrogens is 436 g/mol. The van der Waals surface area contributed by atoms with Crippen LogP contribution in [0.25, 0.3) is 11.4 Å². The lowest BCUT2D eigenvalue weighted by Gasteiger charge is -2.15. The predicted molar refractivity (Wildman–Crippen MR) is 129 cm³/mol. The fourth-order valence-electron chi connectivity index (χ4n) is 4.48. The van der Waals surface area contributed by atoms with Crippen molar-refractivity contribution in [3.05, 3.63) is 53.6 Å². The number of methoxy groups -OCH3 is 1. The van der Waals surface area contributed by atoms with Crippen LogP contribution in [-0.4, -0.2) is 46.2 Å². The van der Waals surface area contributed by atoms with Gasteiger partial charge in [0.1, 0.15) is 5.75 Å². The molecule has 7 nitrogen and oxygen atoms in total. The largest absolute Gasteiger partial charge is 0.497 e. The second kappa shape index (κ2) is 9.97. The van der Waals surface area contributed by atoms with Crippen molar-refractivity contribution in [1.29, 1.82) is 0 Å². The molecular formula is C25H28N4O3S. The van der Waals surface area contributed by atoms with Gasteiger partial charge in [0, 0.05) is 17.9 Å².